The van der Waals surface area contributed by atoms with Crippen LogP contribution in [-0.4, -0.2) is 32.0 Å². The molecule has 7 heteroatoms. The summed E-state index contributed by atoms with van der Waals surface area (Å²) in [5.74, 6) is -0.0218. The van der Waals surface area contributed by atoms with Crippen LogP contribution in [0, 0.1) is 27.7 Å². The van der Waals surface area contributed by atoms with Crippen LogP contribution in [0.3, 0.4) is 0 Å². The van der Waals surface area contributed by atoms with E-state index in [0.717, 1.165) is 40.2 Å². The van der Waals surface area contributed by atoms with Crippen LogP contribution < -0.4 is 5.32 Å². The first-order valence-electron chi connectivity index (χ1n) is 7.35. The second kappa shape index (κ2) is 7.09. The van der Waals surface area contributed by atoms with Crippen molar-refractivity contribution in [3.8, 4) is 0 Å². The predicted octanol–water partition coefficient (Wildman–Crippen LogP) is 2.28. The van der Waals surface area contributed by atoms with E-state index in [0.29, 0.717) is 6.54 Å². The van der Waals surface area contributed by atoms with Gasteiger partial charge in [0.1, 0.15) is 6.54 Å². The van der Waals surface area contributed by atoms with Crippen molar-refractivity contribution in [1.82, 2.24) is 24.9 Å². The molecule has 2 rings (SSSR count). The molecule has 1 N–H and O–H groups in total. The number of carbonyl (C=O) groups excluding carboxylic acids is 1. The lowest BCUT2D eigenvalue weighted by molar-refractivity contribution is -0.121. The largest absolute Gasteiger partial charge is 0.354 e. The van der Waals surface area contributed by atoms with Crippen LogP contribution in [0.15, 0.2) is 10.5 Å². The number of nitrogens with one attached hydrogen (secondary N) is 1. The van der Waals surface area contributed by atoms with Gasteiger partial charge in [-0.2, -0.15) is 10.2 Å². The summed E-state index contributed by atoms with van der Waals surface area (Å²) in [6.07, 6.45) is 0.856. The number of hydrogen-bond acceptors (Lipinski definition) is 3. The molecule has 0 atom stereocenters. The van der Waals surface area contributed by atoms with Crippen molar-refractivity contribution >= 4 is 21.8 Å². The molecule has 0 saturated carbocycles. The zero-order valence-electron chi connectivity index (χ0n) is 13.5. The Morgan fingerprint density at radius 2 is 1.95 bits per heavy atom. The maximum atomic E-state index is 12.0. The molecule has 22 heavy (non-hydrogen) atoms. The third-order valence-electron chi connectivity index (χ3n) is 3.56. The first kappa shape index (κ1) is 16.7. The lowest BCUT2D eigenvalue weighted by atomic mass is 10.3. The van der Waals surface area contributed by atoms with Crippen LogP contribution in [0.1, 0.15) is 29.2 Å². The zero-order chi connectivity index (χ0) is 16.3. The van der Waals surface area contributed by atoms with Crippen LogP contribution in [0.25, 0.3) is 0 Å². The first-order chi connectivity index (χ1) is 10.4. The van der Waals surface area contributed by atoms with Gasteiger partial charge in [0.2, 0.25) is 5.91 Å². The minimum Gasteiger partial charge on any atom is -0.354 e. The van der Waals surface area contributed by atoms with Gasteiger partial charge in [0.05, 0.1) is 21.6 Å². The molecule has 0 aromatic carbocycles. The topological polar surface area (TPSA) is 64.7 Å². The van der Waals surface area contributed by atoms with Crippen LogP contribution in [0.5, 0.6) is 0 Å². The van der Waals surface area contributed by atoms with Crippen molar-refractivity contribution in [2.45, 2.75) is 47.2 Å². The number of aryl methyl sites for hydroxylation is 4. The SMILES string of the molecule is Cc1cc(C)n(CCCNC(=O)Cn2nc(C)c(Br)c2C)n1. The van der Waals surface area contributed by atoms with Crippen LogP contribution >= 0.6 is 15.9 Å². The smallest absolute Gasteiger partial charge is 0.241 e. The van der Waals surface area contributed by atoms with Crippen LogP contribution in [0.4, 0.5) is 0 Å². The molecule has 1 amide bonds. The summed E-state index contributed by atoms with van der Waals surface area (Å²) in [6.45, 7) is 9.58. The van der Waals surface area contributed by atoms with Crippen LogP contribution in [-0.2, 0) is 17.9 Å². The van der Waals surface area contributed by atoms with E-state index in [1.54, 1.807) is 4.68 Å². The Kier molecular flexibility index (Phi) is 5.39. The molecule has 0 bridgehead atoms. The Hall–Kier alpha value is -1.63. The van der Waals surface area contributed by atoms with Crippen molar-refractivity contribution in [3.63, 3.8) is 0 Å². The van der Waals surface area contributed by atoms with Gasteiger partial charge in [-0.25, -0.2) is 0 Å². The van der Waals surface area contributed by atoms with E-state index in [-0.39, 0.29) is 12.5 Å². The molecule has 120 valence electrons. The number of nitrogens with zero attached hydrogens (tertiary/aromatic N) is 4. The fraction of sp³-hybridized carbons (Fsp3) is 0.533. The predicted molar refractivity (Wildman–Crippen MR) is 88.7 cm³/mol. The van der Waals surface area contributed by atoms with E-state index in [1.807, 2.05) is 32.4 Å². The van der Waals surface area contributed by atoms with E-state index in [1.165, 1.54) is 0 Å². The average Bonchev–Trinajstić information content (AvgIpc) is 2.89. The molecule has 0 radical (unpaired) electrons. The van der Waals surface area contributed by atoms with Crippen molar-refractivity contribution in [2.24, 2.45) is 0 Å². The average molecular weight is 368 g/mol. The second-order valence-corrected chi connectivity index (χ2v) is 6.29. The van der Waals surface area contributed by atoms with E-state index >= 15 is 0 Å². The standard InChI is InChI=1S/C15H22BrN5O/c1-10-8-11(2)20(18-10)7-5-6-17-14(22)9-21-13(4)15(16)12(3)19-21/h8H,5-7,9H2,1-4H3,(H,17,22). The fourth-order valence-electron chi connectivity index (χ4n) is 2.38. The van der Waals surface area contributed by atoms with Gasteiger partial charge in [-0.1, -0.05) is 0 Å². The lowest BCUT2D eigenvalue weighted by Crippen LogP contribution is -2.29. The molecule has 0 unspecified atom stereocenters. The first-order valence-corrected chi connectivity index (χ1v) is 8.15. The van der Waals surface area contributed by atoms with Gasteiger partial charge in [0.15, 0.2) is 0 Å². The lowest BCUT2D eigenvalue weighted by Gasteiger charge is -2.08. The highest BCUT2D eigenvalue weighted by molar-refractivity contribution is 9.10. The van der Waals surface area contributed by atoms with Gasteiger partial charge in [0, 0.05) is 18.8 Å². The summed E-state index contributed by atoms with van der Waals surface area (Å²) in [7, 11) is 0. The molecule has 0 aliphatic heterocycles. The Balaban J connectivity index is 1.76. The van der Waals surface area contributed by atoms with Gasteiger partial charge in [0.25, 0.3) is 0 Å². The molecule has 2 heterocycles. The molecule has 0 aliphatic rings. The quantitative estimate of drug-likeness (QED) is 0.796. The summed E-state index contributed by atoms with van der Waals surface area (Å²) in [5.41, 5.74) is 4.04. The summed E-state index contributed by atoms with van der Waals surface area (Å²) < 4.78 is 4.65. The molecule has 0 spiro atoms. The monoisotopic (exact) mass is 367 g/mol. The number of hydrogen-bond donors (Lipinski definition) is 1. The fourth-order valence-corrected chi connectivity index (χ4v) is 2.66. The van der Waals surface area contributed by atoms with Crippen LogP contribution in [0.2, 0.25) is 0 Å². The van der Waals surface area contributed by atoms with Gasteiger partial charge in [-0.3, -0.25) is 14.2 Å². The van der Waals surface area contributed by atoms with Gasteiger partial charge < -0.3 is 5.32 Å². The third-order valence-corrected chi connectivity index (χ3v) is 4.71. The Morgan fingerprint density at radius 3 is 2.50 bits per heavy atom. The van der Waals surface area contributed by atoms with E-state index in [4.69, 9.17) is 0 Å². The number of amides is 1. The number of aromatic nitrogens is 4. The van der Waals surface area contributed by atoms with Gasteiger partial charge in [-0.05, 0) is 56.1 Å². The molecular formula is C15H22BrN5O. The zero-order valence-corrected chi connectivity index (χ0v) is 15.1. The molecular weight excluding hydrogens is 346 g/mol. The normalized spacial score (nSPS) is 11.0. The third kappa shape index (κ3) is 3.97. The van der Waals surface area contributed by atoms with Gasteiger partial charge in [-0.15, -0.1) is 0 Å². The molecule has 0 aliphatic carbocycles. The maximum Gasteiger partial charge on any atom is 0.241 e. The highest BCUT2D eigenvalue weighted by atomic mass is 79.9. The maximum absolute atomic E-state index is 12.0. The Bertz CT molecular complexity index is 674. The molecule has 0 fully saturated rings. The Morgan fingerprint density at radius 1 is 1.23 bits per heavy atom. The number of carbonyl (C=O) groups is 1. The summed E-state index contributed by atoms with van der Waals surface area (Å²) in [6, 6.07) is 2.05. The van der Waals surface area contributed by atoms with E-state index < -0.39 is 0 Å². The van der Waals surface area contributed by atoms with E-state index in [2.05, 4.69) is 37.5 Å². The number of rotatable bonds is 6. The summed E-state index contributed by atoms with van der Waals surface area (Å²) in [4.78, 5) is 12.0. The highest BCUT2D eigenvalue weighted by Gasteiger charge is 2.11. The molecule has 2 aromatic heterocycles. The molecule has 2 aromatic rings. The minimum absolute atomic E-state index is 0.0218. The van der Waals surface area contributed by atoms with Crippen molar-refractivity contribution in [2.75, 3.05) is 6.54 Å². The highest BCUT2D eigenvalue weighted by Crippen LogP contribution is 2.19. The second-order valence-electron chi connectivity index (χ2n) is 5.50. The van der Waals surface area contributed by atoms with Crippen molar-refractivity contribution in [3.05, 3.63) is 33.3 Å². The Labute approximate surface area is 139 Å². The van der Waals surface area contributed by atoms with Crippen molar-refractivity contribution < 1.29 is 4.79 Å². The molecule has 6 nitrogen and oxygen atoms in total. The van der Waals surface area contributed by atoms with Crippen molar-refractivity contribution in [1.29, 1.82) is 0 Å². The van der Waals surface area contributed by atoms with Gasteiger partial charge >= 0.3 is 0 Å². The number of halogens is 1. The van der Waals surface area contributed by atoms with E-state index in [9.17, 15) is 4.79 Å². The minimum atomic E-state index is -0.0218. The summed E-state index contributed by atoms with van der Waals surface area (Å²) >= 11 is 3.46. The summed E-state index contributed by atoms with van der Waals surface area (Å²) in [5, 5.41) is 11.7. The molecule has 0 saturated heterocycles.